The third kappa shape index (κ3) is 34.0. The van der Waals surface area contributed by atoms with Crippen LogP contribution in [0.15, 0.2) is 30.6 Å². The van der Waals surface area contributed by atoms with Crippen LogP contribution in [-0.2, 0) is 16.1 Å². The van der Waals surface area contributed by atoms with Gasteiger partial charge >= 0.3 is 6.03 Å². The number of carbonyl (C=O) groups excluding carboxylic acids is 3. The molecule has 1 aromatic rings. The summed E-state index contributed by atoms with van der Waals surface area (Å²) in [5.74, 6) is -0.552. The fourth-order valence-electron chi connectivity index (χ4n) is 7.89. The molecule has 0 spiro atoms. The standard InChI is InChI=1S/C49H91N5O3/c1-3-5-7-9-11-13-15-17-19-21-23-25-27-29-31-36-43-54(44-37-32-30-28-26-24-22-20-18-16-14-12-10-8-6-4-2)48(56)46(38-39-47(50)55)52-49(57)51-40-45-53-41-34-33-35-42-53/h33-35,41-42,46H,3-32,36-40,43-45H2,1-2H3,(H3-,50,51,52,55,57)/p+1. The second kappa shape index (κ2) is 40.2. The molecule has 4 amide bonds. The van der Waals surface area contributed by atoms with Crippen molar-refractivity contribution in [2.75, 3.05) is 19.6 Å². The number of hydrogen-bond acceptors (Lipinski definition) is 3. The molecular formula is C49H92N5O3+. The molecule has 0 fully saturated rings. The van der Waals surface area contributed by atoms with Crippen molar-refractivity contribution in [3.05, 3.63) is 30.6 Å². The Labute approximate surface area is 352 Å². The molecular weight excluding hydrogens is 707 g/mol. The van der Waals surface area contributed by atoms with Gasteiger partial charge in [0, 0.05) is 31.6 Å². The van der Waals surface area contributed by atoms with E-state index in [0.717, 1.165) is 25.7 Å². The highest BCUT2D eigenvalue weighted by molar-refractivity contribution is 5.87. The minimum absolute atomic E-state index is 0.0580. The first-order valence-electron chi connectivity index (χ1n) is 24.5. The van der Waals surface area contributed by atoms with Crippen molar-refractivity contribution in [1.29, 1.82) is 0 Å². The lowest BCUT2D eigenvalue weighted by Gasteiger charge is -2.28. The summed E-state index contributed by atoms with van der Waals surface area (Å²) in [7, 11) is 0. The number of primary amides is 1. The molecule has 1 rings (SSSR count). The number of hydrogen-bond donors (Lipinski definition) is 3. The van der Waals surface area contributed by atoms with Crippen LogP contribution in [0.25, 0.3) is 0 Å². The molecule has 0 saturated carbocycles. The molecule has 0 bridgehead atoms. The molecule has 1 unspecified atom stereocenters. The molecule has 0 aliphatic rings. The summed E-state index contributed by atoms with van der Waals surface area (Å²) in [4.78, 5) is 40.6. The van der Waals surface area contributed by atoms with Crippen molar-refractivity contribution in [2.24, 2.45) is 5.73 Å². The van der Waals surface area contributed by atoms with Gasteiger partial charge < -0.3 is 21.3 Å². The second-order valence-electron chi connectivity index (χ2n) is 17.0. The summed E-state index contributed by atoms with van der Waals surface area (Å²) < 4.78 is 1.99. The van der Waals surface area contributed by atoms with Gasteiger partial charge in [-0.3, -0.25) is 9.59 Å². The number of carbonyl (C=O) groups is 3. The normalized spacial score (nSPS) is 11.8. The van der Waals surface area contributed by atoms with Crippen molar-refractivity contribution >= 4 is 17.8 Å². The maximum absolute atomic E-state index is 14.0. The molecule has 0 saturated heterocycles. The van der Waals surface area contributed by atoms with E-state index < -0.39 is 11.9 Å². The Morgan fingerprint density at radius 3 is 1.23 bits per heavy atom. The Balaban J connectivity index is 2.46. The van der Waals surface area contributed by atoms with Gasteiger partial charge in [0.25, 0.3) is 0 Å². The zero-order valence-electron chi connectivity index (χ0n) is 37.5. The number of unbranched alkanes of at least 4 members (excludes halogenated alkanes) is 30. The van der Waals surface area contributed by atoms with Crippen LogP contribution in [-0.4, -0.2) is 48.4 Å². The number of pyridine rings is 1. The third-order valence-electron chi connectivity index (χ3n) is 11.6. The van der Waals surface area contributed by atoms with Gasteiger partial charge in [-0.1, -0.05) is 213 Å². The van der Waals surface area contributed by atoms with Crippen LogP contribution in [0, 0.1) is 0 Å². The average molecular weight is 799 g/mol. The molecule has 1 heterocycles. The first-order chi connectivity index (χ1) is 28.0. The van der Waals surface area contributed by atoms with Crippen LogP contribution >= 0.6 is 0 Å². The van der Waals surface area contributed by atoms with Gasteiger partial charge in [0.15, 0.2) is 18.9 Å². The van der Waals surface area contributed by atoms with Crippen molar-refractivity contribution in [1.82, 2.24) is 15.5 Å². The number of rotatable bonds is 42. The van der Waals surface area contributed by atoms with Crippen molar-refractivity contribution in [3.8, 4) is 0 Å². The molecule has 0 aliphatic heterocycles. The number of nitrogens with two attached hydrogens (primary N) is 1. The zero-order valence-corrected chi connectivity index (χ0v) is 37.5. The van der Waals surface area contributed by atoms with Gasteiger partial charge in [-0.25, -0.2) is 9.36 Å². The Morgan fingerprint density at radius 2 is 0.877 bits per heavy atom. The molecule has 8 nitrogen and oxygen atoms in total. The molecule has 1 aromatic heterocycles. The van der Waals surface area contributed by atoms with E-state index in [0.29, 0.717) is 26.2 Å². The highest BCUT2D eigenvalue weighted by Gasteiger charge is 2.26. The number of urea groups is 1. The van der Waals surface area contributed by atoms with Crippen LogP contribution in [0.1, 0.15) is 232 Å². The number of nitrogens with zero attached hydrogens (tertiary/aromatic N) is 2. The first kappa shape index (κ1) is 52.4. The van der Waals surface area contributed by atoms with Crippen LogP contribution in [0.3, 0.4) is 0 Å². The summed E-state index contributed by atoms with van der Waals surface area (Å²) in [6.45, 7) is 7.00. The molecule has 330 valence electrons. The van der Waals surface area contributed by atoms with Gasteiger partial charge in [-0.15, -0.1) is 0 Å². The highest BCUT2D eigenvalue weighted by Crippen LogP contribution is 2.16. The van der Waals surface area contributed by atoms with E-state index in [1.54, 1.807) is 0 Å². The lowest BCUT2D eigenvalue weighted by atomic mass is 10.0. The van der Waals surface area contributed by atoms with Gasteiger partial charge in [-0.2, -0.15) is 0 Å². The predicted molar refractivity (Wildman–Crippen MR) is 241 cm³/mol. The van der Waals surface area contributed by atoms with E-state index in [2.05, 4.69) is 24.5 Å². The van der Waals surface area contributed by atoms with E-state index in [4.69, 9.17) is 5.73 Å². The Bertz CT molecular complexity index is 1020. The molecule has 8 heteroatoms. The van der Waals surface area contributed by atoms with Crippen molar-refractivity contribution < 1.29 is 19.0 Å². The molecule has 4 N–H and O–H groups in total. The highest BCUT2D eigenvalue weighted by atomic mass is 16.2. The van der Waals surface area contributed by atoms with E-state index in [-0.39, 0.29) is 24.8 Å². The van der Waals surface area contributed by atoms with Crippen LogP contribution in [0.5, 0.6) is 0 Å². The predicted octanol–water partition coefficient (Wildman–Crippen LogP) is 12.3. The lowest BCUT2D eigenvalue weighted by molar-refractivity contribution is -0.694. The van der Waals surface area contributed by atoms with E-state index in [1.807, 2.05) is 40.1 Å². The van der Waals surface area contributed by atoms with Crippen molar-refractivity contribution in [2.45, 2.75) is 245 Å². The van der Waals surface area contributed by atoms with Crippen LogP contribution < -0.4 is 20.9 Å². The van der Waals surface area contributed by atoms with Crippen LogP contribution in [0.4, 0.5) is 4.79 Å². The number of nitrogens with one attached hydrogen (secondary N) is 2. The van der Waals surface area contributed by atoms with Gasteiger partial charge in [0.1, 0.15) is 6.04 Å². The SMILES string of the molecule is CCCCCCCCCCCCCCCCCCN(CCCCCCCCCCCCCCCCCC)C(=O)C(CCC(N)=O)NC(=O)NCC[n+]1ccccc1. The van der Waals surface area contributed by atoms with E-state index >= 15 is 0 Å². The Hall–Kier alpha value is -2.64. The zero-order chi connectivity index (χ0) is 41.3. The summed E-state index contributed by atoms with van der Waals surface area (Å²) in [6, 6.07) is 4.69. The van der Waals surface area contributed by atoms with Gasteiger partial charge in [0.05, 0.1) is 6.54 Å². The fourth-order valence-corrected chi connectivity index (χ4v) is 7.89. The largest absolute Gasteiger partial charge is 0.370 e. The molecule has 1 atom stereocenters. The van der Waals surface area contributed by atoms with E-state index in [1.165, 1.54) is 180 Å². The molecule has 0 radical (unpaired) electrons. The van der Waals surface area contributed by atoms with Crippen molar-refractivity contribution in [3.63, 3.8) is 0 Å². The second-order valence-corrected chi connectivity index (χ2v) is 17.0. The molecule has 0 aliphatic carbocycles. The monoisotopic (exact) mass is 799 g/mol. The lowest BCUT2D eigenvalue weighted by Crippen LogP contribution is -2.53. The van der Waals surface area contributed by atoms with Gasteiger partial charge in [0.2, 0.25) is 11.8 Å². The summed E-state index contributed by atoms with van der Waals surface area (Å²) in [5.41, 5.74) is 5.50. The molecule has 57 heavy (non-hydrogen) atoms. The quantitative estimate of drug-likeness (QED) is 0.0453. The third-order valence-corrected chi connectivity index (χ3v) is 11.6. The number of amides is 4. The van der Waals surface area contributed by atoms with E-state index in [9.17, 15) is 14.4 Å². The summed E-state index contributed by atoms with van der Waals surface area (Å²) in [5, 5.41) is 5.78. The maximum Gasteiger partial charge on any atom is 0.315 e. The Kier molecular flexibility index (Phi) is 36.9. The minimum Gasteiger partial charge on any atom is -0.370 e. The molecule has 0 aromatic carbocycles. The fraction of sp³-hybridized carbons (Fsp3) is 0.837. The number of aromatic nitrogens is 1. The summed E-state index contributed by atoms with van der Waals surface area (Å²) >= 11 is 0. The topological polar surface area (TPSA) is 108 Å². The maximum atomic E-state index is 14.0. The van der Waals surface area contributed by atoms with Gasteiger partial charge in [-0.05, 0) is 19.3 Å². The Morgan fingerprint density at radius 1 is 0.526 bits per heavy atom. The van der Waals surface area contributed by atoms with Crippen LogP contribution in [0.2, 0.25) is 0 Å². The minimum atomic E-state index is -0.774. The summed E-state index contributed by atoms with van der Waals surface area (Å²) in [6.07, 6.45) is 46.3. The first-order valence-corrected chi connectivity index (χ1v) is 24.5. The average Bonchev–Trinajstić information content (AvgIpc) is 3.21. The smallest absolute Gasteiger partial charge is 0.315 e.